The molecule has 1 unspecified atom stereocenters. The smallest absolute Gasteiger partial charge is 0.351 e. The fraction of sp³-hybridized carbons (Fsp3) is 0.533. The summed E-state index contributed by atoms with van der Waals surface area (Å²) in [7, 11) is 0. The van der Waals surface area contributed by atoms with E-state index < -0.39 is 43.8 Å². The molecule has 0 N–H and O–H groups in total. The Bertz CT molecular complexity index is 618. The minimum Gasteiger partial charge on any atom is -0.351 e. The second-order valence-electron chi connectivity index (χ2n) is 5.55. The zero-order valence-corrected chi connectivity index (χ0v) is 12.7. The Morgan fingerprint density at radius 1 is 1.16 bits per heavy atom. The molecule has 3 nitrogen and oxygen atoms in total. The van der Waals surface area contributed by atoms with Crippen molar-refractivity contribution in [3.8, 4) is 0 Å². The zero-order chi connectivity index (χ0) is 18.8. The molecule has 0 radical (unpaired) electrons. The lowest BCUT2D eigenvalue weighted by Gasteiger charge is -2.31. The highest BCUT2D eigenvalue weighted by Gasteiger charge is 2.47. The molecule has 0 aliphatic carbocycles. The number of halogens is 7. The Morgan fingerprint density at radius 3 is 2.32 bits per heavy atom. The summed E-state index contributed by atoms with van der Waals surface area (Å²) >= 11 is 0. The van der Waals surface area contributed by atoms with Crippen LogP contribution in [-0.2, 0) is 22.4 Å². The van der Waals surface area contributed by atoms with Gasteiger partial charge in [0, 0.05) is 13.0 Å². The van der Waals surface area contributed by atoms with Crippen molar-refractivity contribution in [3.63, 3.8) is 0 Å². The van der Waals surface area contributed by atoms with Crippen molar-refractivity contribution < 1.29 is 40.3 Å². The highest BCUT2D eigenvalue weighted by molar-refractivity contribution is 5.82. The third kappa shape index (κ3) is 4.62. The molecule has 140 valence electrons. The molecular weight excluding hydrogens is 359 g/mol. The van der Waals surface area contributed by atoms with Gasteiger partial charge in [-0.25, -0.2) is 8.78 Å². The van der Waals surface area contributed by atoms with Crippen molar-refractivity contribution in [1.29, 1.82) is 0 Å². The predicted molar refractivity (Wildman–Crippen MR) is 72.3 cm³/mol. The molecule has 0 spiro atoms. The van der Waals surface area contributed by atoms with E-state index in [0.29, 0.717) is 11.1 Å². The van der Waals surface area contributed by atoms with E-state index in [1.165, 1.54) is 0 Å². The number of alkyl halides is 7. The normalized spacial score (nSPS) is 18.9. The van der Waals surface area contributed by atoms with Crippen molar-refractivity contribution in [3.05, 3.63) is 35.4 Å². The van der Waals surface area contributed by atoms with Crippen LogP contribution >= 0.6 is 0 Å². The van der Waals surface area contributed by atoms with E-state index in [2.05, 4.69) is 4.74 Å². The number of amides is 1. The van der Waals surface area contributed by atoms with Gasteiger partial charge in [0.1, 0.15) is 12.8 Å². The average molecular weight is 373 g/mol. The molecule has 2 rings (SSSR count). The van der Waals surface area contributed by atoms with Gasteiger partial charge in [0.25, 0.3) is 0 Å². The van der Waals surface area contributed by atoms with Crippen LogP contribution in [-0.4, -0.2) is 48.7 Å². The molecule has 25 heavy (non-hydrogen) atoms. The van der Waals surface area contributed by atoms with E-state index in [4.69, 9.17) is 0 Å². The molecule has 0 aromatic heterocycles. The topological polar surface area (TPSA) is 29.5 Å². The second kappa shape index (κ2) is 7.19. The van der Waals surface area contributed by atoms with Crippen LogP contribution in [0.1, 0.15) is 11.1 Å². The molecule has 0 saturated heterocycles. The van der Waals surface area contributed by atoms with Crippen LogP contribution in [0.3, 0.4) is 0 Å². The Hall–Kier alpha value is -1.84. The highest BCUT2D eigenvalue weighted by Crippen LogP contribution is 2.28. The Labute approximate surface area is 138 Å². The van der Waals surface area contributed by atoms with Crippen LogP contribution in [0.4, 0.5) is 30.7 Å². The second-order valence-corrected chi connectivity index (χ2v) is 5.55. The van der Waals surface area contributed by atoms with Gasteiger partial charge in [-0.15, -0.1) is 0 Å². The lowest BCUT2D eigenvalue weighted by Crippen LogP contribution is -2.50. The number of rotatable bonds is 4. The average Bonchev–Trinajstić information content (AvgIpc) is 2.70. The zero-order valence-electron chi connectivity index (χ0n) is 12.7. The predicted octanol–water partition coefficient (Wildman–Crippen LogP) is 3.42. The number of carbonyl (C=O) groups is 1. The maximum atomic E-state index is 13.1. The first-order chi connectivity index (χ1) is 11.5. The summed E-state index contributed by atoms with van der Waals surface area (Å²) in [5.74, 6) is -6.79. The van der Waals surface area contributed by atoms with Crippen molar-refractivity contribution in [2.45, 2.75) is 37.6 Å². The molecule has 1 aromatic rings. The van der Waals surface area contributed by atoms with Crippen molar-refractivity contribution in [2.75, 3.05) is 13.2 Å². The summed E-state index contributed by atoms with van der Waals surface area (Å²) in [6.07, 6.45) is -11.2. The van der Waals surface area contributed by atoms with E-state index in [1.807, 2.05) is 0 Å². The summed E-state index contributed by atoms with van der Waals surface area (Å²) in [6, 6.07) is 6.41. The summed E-state index contributed by atoms with van der Waals surface area (Å²) in [6.45, 7) is -2.22. The van der Waals surface area contributed by atoms with Gasteiger partial charge in [0.2, 0.25) is 0 Å². The molecule has 1 amide bonds. The maximum absolute atomic E-state index is 13.1. The number of hydrogen-bond donors (Lipinski definition) is 0. The first kappa shape index (κ1) is 19.5. The molecule has 1 heterocycles. The van der Waals surface area contributed by atoms with E-state index in [1.54, 1.807) is 24.3 Å². The standard InChI is InChI=1S/C15H14F7NO2/c16-12(17)14(18,19)8-25-11-7-10-4-2-1-3-9(10)5-6-23(11)13(24)15(20,21)22/h1-4,11-12H,5-8H2. The van der Waals surface area contributed by atoms with Gasteiger partial charge in [-0.2, -0.15) is 22.0 Å². The minimum atomic E-state index is -5.23. The summed E-state index contributed by atoms with van der Waals surface area (Å²) in [5.41, 5.74) is 1.14. The van der Waals surface area contributed by atoms with E-state index in [9.17, 15) is 35.5 Å². The summed E-state index contributed by atoms with van der Waals surface area (Å²) in [5, 5.41) is 0. The molecule has 0 bridgehead atoms. The van der Waals surface area contributed by atoms with Gasteiger partial charge < -0.3 is 9.64 Å². The van der Waals surface area contributed by atoms with E-state index in [-0.39, 0.29) is 17.7 Å². The van der Waals surface area contributed by atoms with Crippen LogP contribution in [0.2, 0.25) is 0 Å². The number of benzene rings is 1. The number of carbonyl (C=O) groups excluding carboxylic acids is 1. The SMILES string of the molecule is O=C(N1CCc2ccccc2CC1OCC(F)(F)C(F)F)C(F)(F)F. The summed E-state index contributed by atoms with van der Waals surface area (Å²) in [4.78, 5) is 11.8. The highest BCUT2D eigenvalue weighted by atomic mass is 19.4. The van der Waals surface area contributed by atoms with Gasteiger partial charge in [-0.05, 0) is 17.5 Å². The maximum Gasteiger partial charge on any atom is 0.471 e. The van der Waals surface area contributed by atoms with E-state index >= 15 is 0 Å². The Kier molecular flexibility index (Phi) is 5.60. The van der Waals surface area contributed by atoms with Crippen LogP contribution in [0.25, 0.3) is 0 Å². The quantitative estimate of drug-likeness (QED) is 0.757. The lowest BCUT2D eigenvalue weighted by molar-refractivity contribution is -0.213. The lowest BCUT2D eigenvalue weighted by atomic mass is 10.0. The van der Waals surface area contributed by atoms with Crippen LogP contribution in [0.15, 0.2) is 24.3 Å². The van der Waals surface area contributed by atoms with Crippen LogP contribution < -0.4 is 0 Å². The fourth-order valence-electron chi connectivity index (χ4n) is 2.50. The van der Waals surface area contributed by atoms with Crippen molar-refractivity contribution >= 4 is 5.91 Å². The van der Waals surface area contributed by atoms with Gasteiger partial charge in [-0.3, -0.25) is 4.79 Å². The molecular formula is C15H14F7NO2. The van der Waals surface area contributed by atoms with Crippen molar-refractivity contribution in [2.24, 2.45) is 0 Å². The summed E-state index contributed by atoms with van der Waals surface area (Å²) < 4.78 is 93.5. The van der Waals surface area contributed by atoms with Gasteiger partial charge >= 0.3 is 24.4 Å². The van der Waals surface area contributed by atoms with Gasteiger partial charge in [-0.1, -0.05) is 24.3 Å². The number of nitrogens with zero attached hydrogens (tertiary/aromatic N) is 1. The first-order valence-electron chi connectivity index (χ1n) is 7.24. The molecule has 10 heteroatoms. The van der Waals surface area contributed by atoms with E-state index in [0.717, 1.165) is 0 Å². The third-order valence-corrected chi connectivity index (χ3v) is 3.77. The van der Waals surface area contributed by atoms with Crippen LogP contribution in [0, 0.1) is 0 Å². The first-order valence-corrected chi connectivity index (χ1v) is 7.24. The monoisotopic (exact) mass is 373 g/mol. The van der Waals surface area contributed by atoms with Crippen molar-refractivity contribution in [1.82, 2.24) is 4.90 Å². The largest absolute Gasteiger partial charge is 0.471 e. The Balaban J connectivity index is 2.26. The number of ether oxygens (including phenoxy) is 1. The molecule has 1 aromatic carbocycles. The van der Waals surface area contributed by atoms with Gasteiger partial charge in [0.05, 0.1) is 0 Å². The molecule has 1 aliphatic rings. The molecule has 1 aliphatic heterocycles. The Morgan fingerprint density at radius 2 is 1.76 bits per heavy atom. The van der Waals surface area contributed by atoms with Crippen LogP contribution in [0.5, 0.6) is 0 Å². The minimum absolute atomic E-state index is 0.0586. The molecule has 0 fully saturated rings. The fourth-order valence-corrected chi connectivity index (χ4v) is 2.50. The number of hydrogen-bond acceptors (Lipinski definition) is 2. The molecule has 1 atom stereocenters. The third-order valence-electron chi connectivity index (χ3n) is 3.77. The van der Waals surface area contributed by atoms with Gasteiger partial charge in [0.15, 0.2) is 0 Å². The number of fused-ring (bicyclic) bond motifs is 1. The molecule has 0 saturated carbocycles.